The Balaban J connectivity index is 1.95. The molecule has 8 nitrogen and oxygen atoms in total. The summed E-state index contributed by atoms with van der Waals surface area (Å²) in [7, 11) is 0. The summed E-state index contributed by atoms with van der Waals surface area (Å²) < 4.78 is 6.62. The van der Waals surface area contributed by atoms with Crippen molar-refractivity contribution in [2.45, 2.75) is 19.6 Å². The molecule has 0 N–H and O–H groups in total. The van der Waals surface area contributed by atoms with Crippen LogP contribution in [0.1, 0.15) is 6.92 Å². The minimum Gasteiger partial charge on any atom is -0.375 e. The number of aromatic nitrogens is 2. The number of ether oxygens (including phenoxy) is 1. The highest BCUT2D eigenvalue weighted by molar-refractivity contribution is 5.76. The third-order valence-corrected chi connectivity index (χ3v) is 2.72. The van der Waals surface area contributed by atoms with E-state index < -0.39 is 4.92 Å². The fourth-order valence-corrected chi connectivity index (χ4v) is 1.82. The largest absolute Gasteiger partial charge is 0.375 e. The van der Waals surface area contributed by atoms with E-state index in [9.17, 15) is 14.9 Å². The van der Waals surface area contributed by atoms with Gasteiger partial charge in [0.1, 0.15) is 18.9 Å². The van der Waals surface area contributed by atoms with Gasteiger partial charge in [0.05, 0.1) is 17.6 Å². The molecule has 18 heavy (non-hydrogen) atoms. The molecular weight excluding hydrogens is 240 g/mol. The Morgan fingerprint density at radius 3 is 3.11 bits per heavy atom. The Bertz CT molecular complexity index is 458. The molecule has 2 heterocycles. The average Bonchev–Trinajstić information content (AvgIpc) is 2.77. The van der Waals surface area contributed by atoms with Gasteiger partial charge in [0.25, 0.3) is 0 Å². The second kappa shape index (κ2) is 5.13. The summed E-state index contributed by atoms with van der Waals surface area (Å²) in [6.45, 7) is 3.53. The molecule has 1 aliphatic heterocycles. The summed E-state index contributed by atoms with van der Waals surface area (Å²) >= 11 is 0. The van der Waals surface area contributed by atoms with Crippen LogP contribution >= 0.6 is 0 Å². The van der Waals surface area contributed by atoms with E-state index in [0.29, 0.717) is 19.7 Å². The van der Waals surface area contributed by atoms with Gasteiger partial charge in [-0.3, -0.25) is 19.6 Å². The monoisotopic (exact) mass is 254 g/mol. The van der Waals surface area contributed by atoms with E-state index in [1.807, 2.05) is 6.92 Å². The Kier molecular flexibility index (Phi) is 3.56. The van der Waals surface area contributed by atoms with Crippen LogP contribution in [0.25, 0.3) is 0 Å². The molecule has 1 fully saturated rings. The van der Waals surface area contributed by atoms with Crippen LogP contribution in [0, 0.1) is 10.1 Å². The van der Waals surface area contributed by atoms with Gasteiger partial charge in [0.2, 0.25) is 5.91 Å². The molecule has 1 unspecified atom stereocenters. The van der Waals surface area contributed by atoms with E-state index in [1.54, 1.807) is 4.90 Å². The summed E-state index contributed by atoms with van der Waals surface area (Å²) in [6.07, 6.45) is 2.41. The lowest BCUT2D eigenvalue weighted by Gasteiger charge is -2.31. The quantitative estimate of drug-likeness (QED) is 0.561. The highest BCUT2D eigenvalue weighted by atomic mass is 16.6. The van der Waals surface area contributed by atoms with Gasteiger partial charge in [-0.1, -0.05) is 0 Å². The van der Waals surface area contributed by atoms with E-state index in [1.165, 1.54) is 10.9 Å². The molecule has 8 heteroatoms. The van der Waals surface area contributed by atoms with E-state index in [0.717, 1.165) is 6.20 Å². The van der Waals surface area contributed by atoms with Gasteiger partial charge in [-0.15, -0.1) is 0 Å². The highest BCUT2D eigenvalue weighted by Crippen LogP contribution is 2.09. The first-order valence-electron chi connectivity index (χ1n) is 5.62. The molecule has 0 saturated carbocycles. The zero-order valence-electron chi connectivity index (χ0n) is 9.98. The molecule has 1 atom stereocenters. The molecule has 2 rings (SSSR count). The summed E-state index contributed by atoms with van der Waals surface area (Å²) in [5.74, 6) is -0.108. The Labute approximate surface area is 103 Å². The van der Waals surface area contributed by atoms with Gasteiger partial charge < -0.3 is 9.64 Å². The molecule has 1 saturated heterocycles. The molecule has 1 amide bonds. The SMILES string of the molecule is CC1CN(C(=O)Cn2cc([N+](=O)[O-])cn2)CCO1. The molecule has 1 aromatic heterocycles. The van der Waals surface area contributed by atoms with Crippen LogP contribution in [0.4, 0.5) is 5.69 Å². The van der Waals surface area contributed by atoms with Crippen molar-refractivity contribution in [1.29, 1.82) is 0 Å². The molecule has 0 aromatic carbocycles. The van der Waals surface area contributed by atoms with Gasteiger partial charge in [-0.2, -0.15) is 5.10 Å². The number of carbonyl (C=O) groups is 1. The van der Waals surface area contributed by atoms with E-state index in [4.69, 9.17) is 4.74 Å². The maximum Gasteiger partial charge on any atom is 0.307 e. The van der Waals surface area contributed by atoms with Crippen LogP contribution in [0.5, 0.6) is 0 Å². The predicted molar refractivity (Wildman–Crippen MR) is 60.9 cm³/mol. The third-order valence-electron chi connectivity index (χ3n) is 2.72. The van der Waals surface area contributed by atoms with Crippen LogP contribution in [0.3, 0.4) is 0 Å². The zero-order valence-corrected chi connectivity index (χ0v) is 9.98. The van der Waals surface area contributed by atoms with Gasteiger partial charge in [0, 0.05) is 13.1 Å². The van der Waals surface area contributed by atoms with Crippen molar-refractivity contribution in [3.05, 3.63) is 22.5 Å². The molecule has 0 aliphatic carbocycles. The fraction of sp³-hybridized carbons (Fsp3) is 0.600. The average molecular weight is 254 g/mol. The van der Waals surface area contributed by atoms with E-state index >= 15 is 0 Å². The van der Waals surface area contributed by atoms with E-state index in [2.05, 4.69) is 5.10 Å². The maximum atomic E-state index is 11.9. The molecule has 0 bridgehead atoms. The lowest BCUT2D eigenvalue weighted by Crippen LogP contribution is -2.45. The summed E-state index contributed by atoms with van der Waals surface area (Å²) in [5.41, 5.74) is -0.113. The van der Waals surface area contributed by atoms with E-state index in [-0.39, 0.29) is 24.2 Å². The molecule has 1 aromatic rings. The van der Waals surface area contributed by atoms with Crippen molar-refractivity contribution in [3.63, 3.8) is 0 Å². The third kappa shape index (κ3) is 2.83. The Morgan fingerprint density at radius 1 is 1.72 bits per heavy atom. The second-order valence-electron chi connectivity index (χ2n) is 4.17. The first-order valence-corrected chi connectivity index (χ1v) is 5.62. The smallest absolute Gasteiger partial charge is 0.307 e. The van der Waals surface area contributed by atoms with Crippen LogP contribution in [0.15, 0.2) is 12.4 Å². The fourth-order valence-electron chi connectivity index (χ4n) is 1.82. The number of morpholine rings is 1. The molecule has 98 valence electrons. The van der Waals surface area contributed by atoms with Crippen molar-refractivity contribution in [2.24, 2.45) is 0 Å². The summed E-state index contributed by atoms with van der Waals surface area (Å²) in [4.78, 5) is 23.6. The topological polar surface area (TPSA) is 90.5 Å². The lowest BCUT2D eigenvalue weighted by atomic mass is 10.3. The predicted octanol–water partition coefficient (Wildman–Crippen LogP) is 0.0386. The van der Waals surface area contributed by atoms with Crippen LogP contribution < -0.4 is 0 Å². The van der Waals surface area contributed by atoms with Crippen molar-refractivity contribution in [2.75, 3.05) is 19.7 Å². The summed E-state index contributed by atoms with van der Waals surface area (Å²) in [6, 6.07) is 0. The number of rotatable bonds is 3. The van der Waals surface area contributed by atoms with Crippen molar-refractivity contribution in [1.82, 2.24) is 14.7 Å². The normalized spacial score (nSPS) is 19.8. The highest BCUT2D eigenvalue weighted by Gasteiger charge is 2.22. The lowest BCUT2D eigenvalue weighted by molar-refractivity contribution is -0.385. The number of amides is 1. The van der Waals surface area contributed by atoms with Crippen molar-refractivity contribution >= 4 is 11.6 Å². The van der Waals surface area contributed by atoms with Gasteiger partial charge in [-0.25, -0.2) is 0 Å². The minimum absolute atomic E-state index is 0.0144. The maximum absolute atomic E-state index is 11.9. The summed E-state index contributed by atoms with van der Waals surface area (Å²) in [5, 5.41) is 14.3. The van der Waals surface area contributed by atoms with Crippen LogP contribution in [-0.2, 0) is 16.1 Å². The number of carbonyl (C=O) groups excluding carboxylic acids is 1. The standard InChI is InChI=1S/C10H14N4O4/c1-8-5-12(2-3-18-8)10(15)7-13-6-9(4-11-13)14(16)17/h4,6,8H,2-3,5,7H2,1H3. The molecule has 0 spiro atoms. The zero-order chi connectivity index (χ0) is 13.1. The van der Waals surface area contributed by atoms with Crippen LogP contribution in [-0.4, -0.2) is 51.3 Å². The van der Waals surface area contributed by atoms with Gasteiger partial charge in [0.15, 0.2) is 0 Å². The first kappa shape index (κ1) is 12.5. The Morgan fingerprint density at radius 2 is 2.50 bits per heavy atom. The minimum atomic E-state index is -0.537. The van der Waals surface area contributed by atoms with Crippen molar-refractivity contribution < 1.29 is 14.5 Å². The number of nitro groups is 1. The Hall–Kier alpha value is -1.96. The second-order valence-corrected chi connectivity index (χ2v) is 4.17. The van der Waals surface area contributed by atoms with Gasteiger partial charge >= 0.3 is 5.69 Å². The van der Waals surface area contributed by atoms with Crippen LogP contribution in [0.2, 0.25) is 0 Å². The molecular formula is C10H14N4O4. The van der Waals surface area contributed by atoms with Crippen molar-refractivity contribution in [3.8, 4) is 0 Å². The number of hydrogen-bond donors (Lipinski definition) is 0. The molecule has 0 radical (unpaired) electrons. The first-order chi connectivity index (χ1) is 8.56. The number of nitrogens with zero attached hydrogens (tertiary/aromatic N) is 4. The van der Waals surface area contributed by atoms with Gasteiger partial charge in [-0.05, 0) is 6.92 Å². The molecule has 1 aliphatic rings. The number of hydrogen-bond acceptors (Lipinski definition) is 5.